The summed E-state index contributed by atoms with van der Waals surface area (Å²) >= 11 is 0. The van der Waals surface area contributed by atoms with E-state index in [-0.39, 0.29) is 5.92 Å². The Morgan fingerprint density at radius 2 is 2.00 bits per heavy atom. The molecule has 1 saturated heterocycles. The van der Waals surface area contributed by atoms with E-state index >= 15 is 0 Å². The number of rotatable bonds is 5. The van der Waals surface area contributed by atoms with E-state index in [4.69, 9.17) is 0 Å². The standard InChI is InChI=1S/C18H23N3O2/c1-14-7-8-17(18(22)23)13-20(14)10-16-9-19-21(12-16)11-15-5-3-2-4-6-15/h2-6,9,12,14,17H,7-8,10-11,13H2,1H3,(H,22,23). The second-order valence-corrected chi connectivity index (χ2v) is 6.42. The van der Waals surface area contributed by atoms with Crippen LogP contribution in [0.5, 0.6) is 0 Å². The van der Waals surface area contributed by atoms with Gasteiger partial charge >= 0.3 is 5.97 Å². The van der Waals surface area contributed by atoms with Crippen molar-refractivity contribution in [1.82, 2.24) is 14.7 Å². The summed E-state index contributed by atoms with van der Waals surface area (Å²) in [6, 6.07) is 10.7. The topological polar surface area (TPSA) is 58.4 Å². The highest BCUT2D eigenvalue weighted by molar-refractivity contribution is 5.70. The second-order valence-electron chi connectivity index (χ2n) is 6.42. The van der Waals surface area contributed by atoms with E-state index in [2.05, 4.69) is 35.3 Å². The molecule has 3 rings (SSSR count). The summed E-state index contributed by atoms with van der Waals surface area (Å²) in [4.78, 5) is 13.5. The van der Waals surface area contributed by atoms with Crippen molar-refractivity contribution in [2.24, 2.45) is 5.92 Å². The van der Waals surface area contributed by atoms with E-state index in [1.165, 1.54) is 5.56 Å². The van der Waals surface area contributed by atoms with E-state index in [1.54, 1.807) is 0 Å². The second kappa shape index (κ2) is 6.96. The minimum absolute atomic E-state index is 0.245. The van der Waals surface area contributed by atoms with E-state index in [1.807, 2.05) is 29.1 Å². The van der Waals surface area contributed by atoms with Gasteiger partial charge in [0, 0.05) is 30.9 Å². The number of nitrogens with zero attached hydrogens (tertiary/aromatic N) is 3. The van der Waals surface area contributed by atoms with Crippen molar-refractivity contribution in [2.45, 2.75) is 38.9 Å². The van der Waals surface area contributed by atoms with Gasteiger partial charge in [0.15, 0.2) is 0 Å². The maximum absolute atomic E-state index is 11.2. The van der Waals surface area contributed by atoms with Crippen molar-refractivity contribution in [2.75, 3.05) is 6.54 Å². The van der Waals surface area contributed by atoms with Crippen LogP contribution in [0.25, 0.3) is 0 Å². The molecule has 0 bridgehead atoms. The number of hydrogen-bond donors (Lipinski definition) is 1. The monoisotopic (exact) mass is 313 g/mol. The summed E-state index contributed by atoms with van der Waals surface area (Å²) in [5.74, 6) is -0.924. The Hall–Kier alpha value is -2.14. The van der Waals surface area contributed by atoms with Gasteiger partial charge in [-0.3, -0.25) is 14.4 Å². The first kappa shape index (κ1) is 15.7. The maximum Gasteiger partial charge on any atom is 0.307 e. The molecule has 23 heavy (non-hydrogen) atoms. The van der Waals surface area contributed by atoms with Crippen LogP contribution >= 0.6 is 0 Å². The van der Waals surface area contributed by atoms with Crippen molar-refractivity contribution in [3.63, 3.8) is 0 Å². The maximum atomic E-state index is 11.2. The Morgan fingerprint density at radius 1 is 1.22 bits per heavy atom. The Kier molecular flexibility index (Phi) is 4.76. The van der Waals surface area contributed by atoms with Gasteiger partial charge in [0.05, 0.1) is 18.7 Å². The van der Waals surface area contributed by atoms with Gasteiger partial charge in [-0.25, -0.2) is 0 Å². The van der Waals surface area contributed by atoms with Crippen LogP contribution in [0.1, 0.15) is 30.9 Å². The van der Waals surface area contributed by atoms with Crippen molar-refractivity contribution >= 4 is 5.97 Å². The third kappa shape index (κ3) is 3.99. The SMILES string of the molecule is CC1CCC(C(=O)O)CN1Cc1cnn(Cc2ccccc2)c1. The summed E-state index contributed by atoms with van der Waals surface area (Å²) in [7, 11) is 0. The Morgan fingerprint density at radius 3 is 2.74 bits per heavy atom. The predicted molar refractivity (Wildman–Crippen MR) is 88.0 cm³/mol. The third-order valence-corrected chi connectivity index (χ3v) is 4.62. The first-order valence-electron chi connectivity index (χ1n) is 8.14. The number of aromatic nitrogens is 2. The molecule has 122 valence electrons. The Labute approximate surface area is 136 Å². The average Bonchev–Trinajstić information content (AvgIpc) is 2.97. The van der Waals surface area contributed by atoms with E-state index in [0.29, 0.717) is 12.6 Å². The first-order valence-corrected chi connectivity index (χ1v) is 8.14. The van der Waals surface area contributed by atoms with E-state index in [9.17, 15) is 9.90 Å². The predicted octanol–water partition coefficient (Wildman–Crippen LogP) is 2.62. The zero-order valence-electron chi connectivity index (χ0n) is 13.4. The highest BCUT2D eigenvalue weighted by atomic mass is 16.4. The lowest BCUT2D eigenvalue weighted by Gasteiger charge is -2.36. The number of carboxylic acid groups (broad SMARTS) is 1. The molecule has 2 atom stereocenters. The van der Waals surface area contributed by atoms with Crippen molar-refractivity contribution in [1.29, 1.82) is 0 Å². The van der Waals surface area contributed by atoms with E-state index < -0.39 is 5.97 Å². The molecular formula is C18H23N3O2. The first-order chi connectivity index (χ1) is 11.1. The molecule has 0 aliphatic carbocycles. The molecule has 0 amide bonds. The fourth-order valence-corrected chi connectivity index (χ4v) is 3.18. The van der Waals surface area contributed by atoms with Crippen LogP contribution in [0.15, 0.2) is 42.7 Å². The minimum Gasteiger partial charge on any atom is -0.481 e. The number of piperidine rings is 1. The molecule has 1 aromatic heterocycles. The van der Waals surface area contributed by atoms with Gasteiger partial charge in [-0.1, -0.05) is 30.3 Å². The number of carbonyl (C=O) groups is 1. The zero-order chi connectivity index (χ0) is 16.2. The quantitative estimate of drug-likeness (QED) is 0.922. The molecule has 0 spiro atoms. The molecule has 1 fully saturated rings. The average molecular weight is 313 g/mol. The largest absolute Gasteiger partial charge is 0.481 e. The number of benzene rings is 1. The lowest BCUT2D eigenvalue weighted by molar-refractivity contribution is -0.144. The van der Waals surface area contributed by atoms with Crippen molar-refractivity contribution < 1.29 is 9.90 Å². The number of carboxylic acids is 1. The lowest BCUT2D eigenvalue weighted by Crippen LogP contribution is -2.43. The zero-order valence-corrected chi connectivity index (χ0v) is 13.4. The van der Waals surface area contributed by atoms with Gasteiger partial charge in [-0.2, -0.15) is 5.10 Å². The molecule has 1 N–H and O–H groups in total. The molecule has 5 heteroatoms. The lowest BCUT2D eigenvalue weighted by atomic mass is 9.93. The Balaban J connectivity index is 1.63. The molecule has 1 aliphatic rings. The smallest absolute Gasteiger partial charge is 0.307 e. The van der Waals surface area contributed by atoms with Crippen LogP contribution in [-0.2, 0) is 17.9 Å². The molecule has 0 radical (unpaired) electrons. The summed E-state index contributed by atoms with van der Waals surface area (Å²) in [5.41, 5.74) is 2.36. The molecule has 2 unspecified atom stereocenters. The minimum atomic E-state index is -0.679. The summed E-state index contributed by atoms with van der Waals surface area (Å²) < 4.78 is 1.94. The van der Waals surface area contributed by atoms with Crippen LogP contribution in [0.4, 0.5) is 0 Å². The van der Waals surface area contributed by atoms with Gasteiger partial charge in [0.1, 0.15) is 0 Å². The molecular weight excluding hydrogens is 290 g/mol. The number of hydrogen-bond acceptors (Lipinski definition) is 3. The van der Waals surface area contributed by atoms with Gasteiger partial charge in [0.2, 0.25) is 0 Å². The Bertz CT molecular complexity index is 653. The van der Waals surface area contributed by atoms with Crippen LogP contribution in [0, 0.1) is 5.92 Å². The summed E-state index contributed by atoms with van der Waals surface area (Å²) in [6.45, 7) is 4.32. The number of likely N-dealkylation sites (tertiary alicyclic amines) is 1. The van der Waals surface area contributed by atoms with E-state index in [0.717, 1.165) is 31.5 Å². The summed E-state index contributed by atoms with van der Waals surface area (Å²) in [5, 5.41) is 13.7. The summed E-state index contributed by atoms with van der Waals surface area (Å²) in [6.07, 6.45) is 5.67. The fourth-order valence-electron chi connectivity index (χ4n) is 3.18. The third-order valence-electron chi connectivity index (χ3n) is 4.62. The normalized spacial score (nSPS) is 22.1. The van der Waals surface area contributed by atoms with Gasteiger partial charge in [0.25, 0.3) is 0 Å². The molecule has 5 nitrogen and oxygen atoms in total. The number of aliphatic carboxylic acids is 1. The fraction of sp³-hybridized carbons (Fsp3) is 0.444. The highest BCUT2D eigenvalue weighted by Gasteiger charge is 2.29. The van der Waals surface area contributed by atoms with Crippen LogP contribution < -0.4 is 0 Å². The molecule has 1 aromatic carbocycles. The van der Waals surface area contributed by atoms with Crippen LogP contribution in [-0.4, -0.2) is 38.3 Å². The molecule has 2 heterocycles. The van der Waals surface area contributed by atoms with Gasteiger partial charge in [-0.05, 0) is 25.3 Å². The highest BCUT2D eigenvalue weighted by Crippen LogP contribution is 2.23. The molecule has 0 saturated carbocycles. The molecule has 2 aromatic rings. The van der Waals surface area contributed by atoms with Crippen molar-refractivity contribution in [3.05, 3.63) is 53.9 Å². The van der Waals surface area contributed by atoms with Gasteiger partial charge in [-0.15, -0.1) is 0 Å². The van der Waals surface area contributed by atoms with Crippen molar-refractivity contribution in [3.8, 4) is 0 Å². The molecule has 1 aliphatic heterocycles. The van der Waals surface area contributed by atoms with Crippen LogP contribution in [0.2, 0.25) is 0 Å². The van der Waals surface area contributed by atoms with Crippen LogP contribution in [0.3, 0.4) is 0 Å². The van der Waals surface area contributed by atoms with Gasteiger partial charge < -0.3 is 5.11 Å².